The van der Waals surface area contributed by atoms with E-state index in [1.807, 2.05) is 18.2 Å². The monoisotopic (exact) mass is 263 g/mol. The van der Waals surface area contributed by atoms with Crippen molar-refractivity contribution in [3.05, 3.63) is 29.3 Å². The van der Waals surface area contributed by atoms with E-state index in [9.17, 15) is 9.90 Å². The molecule has 1 aromatic carbocycles. The molecular formula is C15H21NO3. The first-order valence-electron chi connectivity index (χ1n) is 6.72. The van der Waals surface area contributed by atoms with Crippen LogP contribution in [0, 0.1) is 0 Å². The van der Waals surface area contributed by atoms with E-state index in [1.165, 1.54) is 5.56 Å². The predicted molar refractivity (Wildman–Crippen MR) is 73.1 cm³/mol. The molecule has 2 rings (SSSR count). The fourth-order valence-electron chi connectivity index (χ4n) is 2.32. The standard InChI is InChI=1S/C15H21NO3/c1-16(2)15(18)8-9-19-12-7-6-11-4-3-5-14(17)13(11)10-12/h6-7,10,14,17H,3-5,8-9H2,1-2H3. The van der Waals surface area contributed by atoms with Gasteiger partial charge in [-0.2, -0.15) is 0 Å². The molecule has 0 fully saturated rings. The summed E-state index contributed by atoms with van der Waals surface area (Å²) in [6.45, 7) is 0.367. The van der Waals surface area contributed by atoms with E-state index < -0.39 is 0 Å². The van der Waals surface area contributed by atoms with Gasteiger partial charge in [0.05, 0.1) is 19.1 Å². The molecular weight excluding hydrogens is 242 g/mol. The number of rotatable bonds is 4. The minimum absolute atomic E-state index is 0.0537. The van der Waals surface area contributed by atoms with Crippen LogP contribution < -0.4 is 4.74 Å². The first-order valence-corrected chi connectivity index (χ1v) is 6.72. The van der Waals surface area contributed by atoms with E-state index in [0.717, 1.165) is 30.6 Å². The molecule has 0 aliphatic heterocycles. The quantitative estimate of drug-likeness (QED) is 0.902. The van der Waals surface area contributed by atoms with Gasteiger partial charge in [0, 0.05) is 14.1 Å². The Bertz CT molecular complexity index is 457. The number of aliphatic hydroxyl groups is 1. The lowest BCUT2D eigenvalue weighted by Crippen LogP contribution is -2.23. The minimum Gasteiger partial charge on any atom is -0.493 e. The van der Waals surface area contributed by atoms with Crippen LogP contribution in [0.15, 0.2) is 18.2 Å². The Labute approximate surface area is 114 Å². The first kappa shape index (κ1) is 13.9. The molecule has 104 valence electrons. The van der Waals surface area contributed by atoms with Crippen LogP contribution in [0.25, 0.3) is 0 Å². The van der Waals surface area contributed by atoms with Crippen molar-refractivity contribution < 1.29 is 14.6 Å². The largest absolute Gasteiger partial charge is 0.493 e. The second kappa shape index (κ2) is 6.06. The van der Waals surface area contributed by atoms with Crippen molar-refractivity contribution in [2.75, 3.05) is 20.7 Å². The molecule has 0 bridgehead atoms. The molecule has 1 aliphatic rings. The van der Waals surface area contributed by atoms with Crippen molar-refractivity contribution in [2.24, 2.45) is 0 Å². The third-order valence-electron chi connectivity index (χ3n) is 3.48. The van der Waals surface area contributed by atoms with E-state index >= 15 is 0 Å². The highest BCUT2D eigenvalue weighted by molar-refractivity contribution is 5.75. The van der Waals surface area contributed by atoms with Crippen LogP contribution >= 0.6 is 0 Å². The summed E-state index contributed by atoms with van der Waals surface area (Å²) in [5.74, 6) is 0.782. The Morgan fingerprint density at radius 3 is 3.00 bits per heavy atom. The molecule has 1 amide bonds. The molecule has 0 aromatic heterocycles. The van der Waals surface area contributed by atoms with Gasteiger partial charge >= 0.3 is 0 Å². The summed E-state index contributed by atoms with van der Waals surface area (Å²) >= 11 is 0. The molecule has 1 atom stereocenters. The fourth-order valence-corrected chi connectivity index (χ4v) is 2.32. The average Bonchev–Trinajstić information content (AvgIpc) is 2.39. The van der Waals surface area contributed by atoms with Crippen molar-refractivity contribution in [3.8, 4) is 5.75 Å². The molecule has 0 spiro atoms. The summed E-state index contributed by atoms with van der Waals surface area (Å²) in [7, 11) is 3.47. The summed E-state index contributed by atoms with van der Waals surface area (Å²) < 4.78 is 5.58. The Morgan fingerprint density at radius 2 is 2.26 bits per heavy atom. The SMILES string of the molecule is CN(C)C(=O)CCOc1ccc2c(c1)C(O)CCC2. The molecule has 1 aromatic rings. The minimum atomic E-state index is -0.379. The molecule has 0 heterocycles. The number of nitrogens with zero attached hydrogens (tertiary/aromatic N) is 1. The number of amides is 1. The van der Waals surface area contributed by atoms with Crippen LogP contribution in [0.3, 0.4) is 0 Å². The highest BCUT2D eigenvalue weighted by Gasteiger charge is 2.18. The van der Waals surface area contributed by atoms with E-state index in [4.69, 9.17) is 4.74 Å². The van der Waals surface area contributed by atoms with E-state index in [1.54, 1.807) is 19.0 Å². The Hall–Kier alpha value is -1.55. The zero-order valence-electron chi connectivity index (χ0n) is 11.6. The van der Waals surface area contributed by atoms with Gasteiger partial charge in [-0.1, -0.05) is 6.07 Å². The van der Waals surface area contributed by atoms with Crippen molar-refractivity contribution in [3.63, 3.8) is 0 Å². The molecule has 19 heavy (non-hydrogen) atoms. The van der Waals surface area contributed by atoms with Gasteiger partial charge in [-0.05, 0) is 42.5 Å². The van der Waals surface area contributed by atoms with Crippen molar-refractivity contribution >= 4 is 5.91 Å². The van der Waals surface area contributed by atoms with Crippen LogP contribution in [0.4, 0.5) is 0 Å². The summed E-state index contributed by atoms with van der Waals surface area (Å²) in [4.78, 5) is 13.0. The topological polar surface area (TPSA) is 49.8 Å². The number of benzene rings is 1. The lowest BCUT2D eigenvalue weighted by Gasteiger charge is -2.22. The number of aryl methyl sites for hydroxylation is 1. The Balaban J connectivity index is 1.95. The van der Waals surface area contributed by atoms with Gasteiger partial charge < -0.3 is 14.7 Å². The van der Waals surface area contributed by atoms with E-state index in [2.05, 4.69) is 0 Å². The van der Waals surface area contributed by atoms with Gasteiger partial charge in [-0.25, -0.2) is 0 Å². The lowest BCUT2D eigenvalue weighted by molar-refractivity contribution is -0.129. The van der Waals surface area contributed by atoms with Crippen LogP contribution in [0.2, 0.25) is 0 Å². The first-order chi connectivity index (χ1) is 9.08. The van der Waals surface area contributed by atoms with Crippen LogP contribution in [0.5, 0.6) is 5.75 Å². The Morgan fingerprint density at radius 1 is 1.47 bits per heavy atom. The predicted octanol–water partition coefficient (Wildman–Crippen LogP) is 1.91. The van der Waals surface area contributed by atoms with Crippen molar-refractivity contribution in [2.45, 2.75) is 31.8 Å². The number of carbonyl (C=O) groups excluding carboxylic acids is 1. The summed E-state index contributed by atoms with van der Waals surface area (Å²) in [6.07, 6.45) is 2.86. The van der Waals surface area contributed by atoms with Crippen molar-refractivity contribution in [1.82, 2.24) is 4.90 Å². The van der Waals surface area contributed by atoms with Gasteiger partial charge in [0.2, 0.25) is 5.91 Å². The summed E-state index contributed by atoms with van der Waals surface area (Å²) in [6, 6.07) is 5.83. The van der Waals surface area contributed by atoms with E-state index in [-0.39, 0.29) is 12.0 Å². The van der Waals surface area contributed by atoms with Crippen LogP contribution in [-0.2, 0) is 11.2 Å². The molecule has 0 saturated heterocycles. The van der Waals surface area contributed by atoms with Gasteiger partial charge in [0.15, 0.2) is 0 Å². The highest BCUT2D eigenvalue weighted by Crippen LogP contribution is 2.32. The Kier molecular flexibility index (Phi) is 4.43. The molecule has 1 N–H and O–H groups in total. The number of carbonyl (C=O) groups is 1. The molecule has 1 aliphatic carbocycles. The number of hydrogen-bond acceptors (Lipinski definition) is 3. The van der Waals surface area contributed by atoms with Gasteiger partial charge in [-0.15, -0.1) is 0 Å². The number of fused-ring (bicyclic) bond motifs is 1. The third-order valence-corrected chi connectivity index (χ3v) is 3.48. The van der Waals surface area contributed by atoms with Gasteiger partial charge in [0.1, 0.15) is 5.75 Å². The number of hydrogen-bond donors (Lipinski definition) is 1. The molecule has 1 unspecified atom stereocenters. The third kappa shape index (κ3) is 3.47. The van der Waals surface area contributed by atoms with Gasteiger partial charge in [-0.3, -0.25) is 4.79 Å². The van der Waals surface area contributed by atoms with Crippen molar-refractivity contribution in [1.29, 1.82) is 0 Å². The molecule has 0 saturated carbocycles. The maximum Gasteiger partial charge on any atom is 0.225 e. The number of ether oxygens (including phenoxy) is 1. The maximum absolute atomic E-state index is 11.4. The smallest absolute Gasteiger partial charge is 0.225 e. The van der Waals surface area contributed by atoms with Crippen LogP contribution in [0.1, 0.15) is 36.5 Å². The van der Waals surface area contributed by atoms with Gasteiger partial charge in [0.25, 0.3) is 0 Å². The van der Waals surface area contributed by atoms with E-state index in [0.29, 0.717) is 13.0 Å². The zero-order valence-corrected chi connectivity index (χ0v) is 11.6. The molecule has 4 heteroatoms. The average molecular weight is 263 g/mol. The molecule has 4 nitrogen and oxygen atoms in total. The molecule has 0 radical (unpaired) electrons. The second-order valence-electron chi connectivity index (χ2n) is 5.16. The normalized spacial score (nSPS) is 17.7. The summed E-state index contributed by atoms with van der Waals surface area (Å²) in [5, 5.41) is 9.96. The number of aliphatic hydroxyl groups excluding tert-OH is 1. The fraction of sp³-hybridized carbons (Fsp3) is 0.533. The maximum atomic E-state index is 11.4. The summed E-state index contributed by atoms with van der Waals surface area (Å²) in [5.41, 5.74) is 2.18. The lowest BCUT2D eigenvalue weighted by atomic mass is 9.89. The second-order valence-corrected chi connectivity index (χ2v) is 5.16. The zero-order chi connectivity index (χ0) is 13.8. The van der Waals surface area contributed by atoms with Crippen LogP contribution in [-0.4, -0.2) is 36.6 Å². The highest BCUT2D eigenvalue weighted by atomic mass is 16.5.